The number of fused-ring (bicyclic) bond motifs is 1. The van der Waals surface area contributed by atoms with Crippen molar-refractivity contribution in [2.45, 2.75) is 13.0 Å². The number of anilines is 1. The molecule has 102 valence electrons. The van der Waals surface area contributed by atoms with E-state index in [1.54, 1.807) is 7.11 Å². The van der Waals surface area contributed by atoms with E-state index < -0.39 is 0 Å². The molecule has 0 saturated heterocycles. The van der Waals surface area contributed by atoms with Gasteiger partial charge in [0.15, 0.2) is 0 Å². The van der Waals surface area contributed by atoms with Gasteiger partial charge in [-0.3, -0.25) is 0 Å². The maximum absolute atomic E-state index is 5.87. The molecule has 0 bridgehead atoms. The molecule has 1 atom stereocenters. The summed E-state index contributed by atoms with van der Waals surface area (Å²) < 4.78 is 11.2. The van der Waals surface area contributed by atoms with Crippen molar-refractivity contribution in [3.05, 3.63) is 60.4 Å². The average Bonchev–Trinajstić information content (AvgIpc) is 2.92. The molecule has 1 heterocycles. The molecule has 1 aromatic heterocycles. The smallest absolute Gasteiger partial charge is 0.141 e. The Morgan fingerprint density at radius 3 is 2.60 bits per heavy atom. The number of benzene rings is 2. The van der Waals surface area contributed by atoms with Gasteiger partial charge in [-0.05, 0) is 31.2 Å². The van der Waals surface area contributed by atoms with E-state index in [0.717, 1.165) is 28.2 Å². The fourth-order valence-corrected chi connectivity index (χ4v) is 2.28. The number of furan rings is 1. The van der Waals surface area contributed by atoms with Crippen LogP contribution in [0.25, 0.3) is 11.0 Å². The van der Waals surface area contributed by atoms with Gasteiger partial charge < -0.3 is 14.5 Å². The van der Waals surface area contributed by atoms with Crippen molar-refractivity contribution < 1.29 is 9.15 Å². The number of ether oxygens (including phenoxy) is 1. The Labute approximate surface area is 118 Å². The van der Waals surface area contributed by atoms with Gasteiger partial charge in [-0.15, -0.1) is 0 Å². The molecule has 3 rings (SSSR count). The molecule has 0 spiro atoms. The summed E-state index contributed by atoms with van der Waals surface area (Å²) in [6.45, 7) is 2.07. The first-order valence-electron chi connectivity index (χ1n) is 6.66. The van der Waals surface area contributed by atoms with Crippen molar-refractivity contribution in [1.82, 2.24) is 0 Å². The van der Waals surface area contributed by atoms with E-state index in [-0.39, 0.29) is 6.04 Å². The van der Waals surface area contributed by atoms with Crippen molar-refractivity contribution in [2.24, 2.45) is 0 Å². The number of nitrogens with one attached hydrogen (secondary N) is 1. The predicted molar refractivity (Wildman–Crippen MR) is 81.2 cm³/mol. The third kappa shape index (κ3) is 2.35. The second-order valence-corrected chi connectivity index (χ2v) is 4.75. The summed E-state index contributed by atoms with van der Waals surface area (Å²) in [4.78, 5) is 0. The topological polar surface area (TPSA) is 34.4 Å². The average molecular weight is 267 g/mol. The van der Waals surface area contributed by atoms with E-state index in [9.17, 15) is 0 Å². The van der Waals surface area contributed by atoms with Gasteiger partial charge in [0.2, 0.25) is 0 Å². The molecular formula is C17H17NO2. The summed E-state index contributed by atoms with van der Waals surface area (Å²) in [5, 5.41) is 4.54. The van der Waals surface area contributed by atoms with Gasteiger partial charge in [-0.25, -0.2) is 0 Å². The van der Waals surface area contributed by atoms with Crippen LogP contribution in [-0.2, 0) is 0 Å². The van der Waals surface area contributed by atoms with Crippen molar-refractivity contribution in [3.8, 4) is 5.75 Å². The van der Waals surface area contributed by atoms with E-state index in [4.69, 9.17) is 9.15 Å². The van der Waals surface area contributed by atoms with Crippen LogP contribution < -0.4 is 10.1 Å². The summed E-state index contributed by atoms with van der Waals surface area (Å²) in [7, 11) is 1.67. The van der Waals surface area contributed by atoms with Crippen LogP contribution in [0.1, 0.15) is 18.7 Å². The maximum atomic E-state index is 5.87. The molecule has 3 nitrogen and oxygen atoms in total. The SMILES string of the molecule is COc1ccccc1NC(C)c1cc2ccccc2o1. The zero-order valence-corrected chi connectivity index (χ0v) is 11.6. The van der Waals surface area contributed by atoms with Crippen molar-refractivity contribution in [3.63, 3.8) is 0 Å². The van der Waals surface area contributed by atoms with Crippen molar-refractivity contribution >= 4 is 16.7 Å². The number of rotatable bonds is 4. The quantitative estimate of drug-likeness (QED) is 0.749. The molecule has 0 saturated carbocycles. The summed E-state index contributed by atoms with van der Waals surface area (Å²) in [5.41, 5.74) is 1.87. The van der Waals surface area contributed by atoms with Gasteiger partial charge >= 0.3 is 0 Å². The maximum Gasteiger partial charge on any atom is 0.141 e. The molecule has 20 heavy (non-hydrogen) atoms. The van der Waals surface area contributed by atoms with E-state index in [1.807, 2.05) is 42.5 Å². The van der Waals surface area contributed by atoms with Crippen molar-refractivity contribution in [2.75, 3.05) is 12.4 Å². The van der Waals surface area contributed by atoms with Crippen LogP contribution in [0.15, 0.2) is 59.0 Å². The molecule has 1 unspecified atom stereocenters. The van der Waals surface area contributed by atoms with Crippen LogP contribution in [0.2, 0.25) is 0 Å². The van der Waals surface area contributed by atoms with Gasteiger partial charge in [0.25, 0.3) is 0 Å². The van der Waals surface area contributed by atoms with Gasteiger partial charge in [-0.2, -0.15) is 0 Å². The summed E-state index contributed by atoms with van der Waals surface area (Å²) >= 11 is 0. The molecule has 0 fully saturated rings. The third-order valence-corrected chi connectivity index (χ3v) is 3.35. The summed E-state index contributed by atoms with van der Waals surface area (Å²) in [5.74, 6) is 1.74. The number of hydrogen-bond donors (Lipinski definition) is 1. The fourth-order valence-electron chi connectivity index (χ4n) is 2.28. The first-order chi connectivity index (χ1) is 9.78. The Hall–Kier alpha value is -2.42. The highest BCUT2D eigenvalue weighted by Gasteiger charge is 2.12. The molecule has 1 N–H and O–H groups in total. The predicted octanol–water partition coefficient (Wildman–Crippen LogP) is 4.61. The fraction of sp³-hybridized carbons (Fsp3) is 0.176. The number of para-hydroxylation sites is 3. The Morgan fingerprint density at radius 2 is 1.80 bits per heavy atom. The zero-order chi connectivity index (χ0) is 13.9. The van der Waals surface area contributed by atoms with E-state index in [1.165, 1.54) is 0 Å². The molecule has 0 amide bonds. The molecule has 0 aliphatic carbocycles. The first-order valence-corrected chi connectivity index (χ1v) is 6.66. The largest absolute Gasteiger partial charge is 0.495 e. The van der Waals surface area contributed by atoms with Gasteiger partial charge in [0, 0.05) is 5.39 Å². The zero-order valence-electron chi connectivity index (χ0n) is 11.6. The molecule has 0 aliphatic heterocycles. The second-order valence-electron chi connectivity index (χ2n) is 4.75. The standard InChI is InChI=1S/C17H17NO2/c1-12(18-14-8-4-6-10-16(14)19-2)17-11-13-7-3-5-9-15(13)20-17/h3-12,18H,1-2H3. The molecular weight excluding hydrogens is 250 g/mol. The minimum atomic E-state index is 0.0682. The highest BCUT2D eigenvalue weighted by atomic mass is 16.5. The Bertz CT molecular complexity index is 685. The highest BCUT2D eigenvalue weighted by molar-refractivity contribution is 5.78. The number of methoxy groups -OCH3 is 1. The Morgan fingerprint density at radius 1 is 1.05 bits per heavy atom. The Kier molecular flexibility index (Phi) is 3.33. The lowest BCUT2D eigenvalue weighted by atomic mass is 10.2. The van der Waals surface area contributed by atoms with E-state index >= 15 is 0 Å². The minimum Gasteiger partial charge on any atom is -0.495 e. The van der Waals surface area contributed by atoms with Crippen LogP contribution >= 0.6 is 0 Å². The van der Waals surface area contributed by atoms with Gasteiger partial charge in [0.1, 0.15) is 17.1 Å². The van der Waals surface area contributed by atoms with E-state index in [2.05, 4.69) is 24.4 Å². The molecule has 3 aromatic rings. The lowest BCUT2D eigenvalue weighted by Gasteiger charge is -2.15. The second kappa shape index (κ2) is 5.29. The van der Waals surface area contributed by atoms with E-state index in [0.29, 0.717) is 0 Å². The molecule has 2 aromatic carbocycles. The van der Waals surface area contributed by atoms with Crippen molar-refractivity contribution in [1.29, 1.82) is 0 Å². The highest BCUT2D eigenvalue weighted by Crippen LogP contribution is 2.30. The lowest BCUT2D eigenvalue weighted by molar-refractivity contribution is 0.415. The van der Waals surface area contributed by atoms with Crippen LogP contribution in [0, 0.1) is 0 Å². The molecule has 3 heteroatoms. The Balaban J connectivity index is 1.87. The van der Waals surface area contributed by atoms with Crippen LogP contribution in [0.4, 0.5) is 5.69 Å². The summed E-state index contributed by atoms with van der Waals surface area (Å²) in [6, 6.07) is 18.0. The van der Waals surface area contributed by atoms with Crippen LogP contribution in [0.3, 0.4) is 0 Å². The minimum absolute atomic E-state index is 0.0682. The van der Waals surface area contributed by atoms with Crippen LogP contribution in [-0.4, -0.2) is 7.11 Å². The monoisotopic (exact) mass is 267 g/mol. The molecule has 0 radical (unpaired) electrons. The van der Waals surface area contributed by atoms with Gasteiger partial charge in [0.05, 0.1) is 18.8 Å². The van der Waals surface area contributed by atoms with Gasteiger partial charge in [-0.1, -0.05) is 30.3 Å². The van der Waals surface area contributed by atoms with Crippen LogP contribution in [0.5, 0.6) is 5.75 Å². The number of hydrogen-bond acceptors (Lipinski definition) is 3. The summed E-state index contributed by atoms with van der Waals surface area (Å²) in [6.07, 6.45) is 0. The third-order valence-electron chi connectivity index (χ3n) is 3.35. The molecule has 0 aliphatic rings. The normalized spacial score (nSPS) is 12.3. The lowest BCUT2D eigenvalue weighted by Crippen LogP contribution is -2.06. The first kappa shape index (κ1) is 12.6.